The Bertz CT molecular complexity index is 2080. The second-order valence-electron chi connectivity index (χ2n) is 15.2. The number of hydrogen-bond acceptors (Lipinski definition) is 12. The molecule has 4 aliphatic rings. The number of halogens is 1. The number of hydrogen-bond donors (Lipinski definition) is 6. The van der Waals surface area contributed by atoms with Gasteiger partial charge in [0.15, 0.2) is 17.3 Å². The predicted octanol–water partition coefficient (Wildman–Crippen LogP) is 1.40. The Morgan fingerprint density at radius 2 is 1.72 bits per heavy atom. The third kappa shape index (κ3) is 8.64. The minimum absolute atomic E-state index is 0.0382. The van der Waals surface area contributed by atoms with Gasteiger partial charge in [-0.15, -0.1) is 0 Å². The van der Waals surface area contributed by atoms with Crippen molar-refractivity contribution in [3.63, 3.8) is 0 Å². The molecule has 4 heterocycles. The van der Waals surface area contributed by atoms with Gasteiger partial charge in [0.2, 0.25) is 17.7 Å². The zero-order valence-electron chi connectivity index (χ0n) is 32.5. The summed E-state index contributed by atoms with van der Waals surface area (Å²) >= 11 is 0. The molecule has 7 N–H and O–H groups in total. The topological polar surface area (TPSA) is 208 Å². The molecule has 4 aliphatic heterocycles. The SMILES string of the molecule is CC1COc2c(N3CCN(C)CC3)c(F)cc3c2N1CC(C(=O)Nc1ccc2c(c1)C(=O)NCCC(=O)N[C@@H](CCN)C(=O)N[C@H](Cc1ccc(O)cc1)CO2)C3=O. The number of phenolic OH excluding ortho intramolecular Hbond substituents is 1. The molecule has 58 heavy (non-hydrogen) atoms. The molecule has 0 radical (unpaired) electrons. The van der Waals surface area contributed by atoms with Crippen LogP contribution in [0.5, 0.6) is 17.2 Å². The second kappa shape index (κ2) is 17.3. The number of benzene rings is 3. The van der Waals surface area contributed by atoms with Crippen molar-refractivity contribution in [2.75, 3.05) is 81.2 Å². The van der Waals surface area contributed by atoms with Gasteiger partial charge in [-0.2, -0.15) is 0 Å². The van der Waals surface area contributed by atoms with E-state index in [-0.39, 0.29) is 86.5 Å². The Balaban J connectivity index is 1.13. The molecule has 17 heteroatoms. The van der Waals surface area contributed by atoms with E-state index < -0.39 is 53.2 Å². The van der Waals surface area contributed by atoms with Crippen LogP contribution in [0, 0.1) is 11.7 Å². The van der Waals surface area contributed by atoms with Crippen LogP contribution < -0.4 is 46.3 Å². The Morgan fingerprint density at radius 3 is 2.47 bits per heavy atom. The van der Waals surface area contributed by atoms with E-state index in [0.717, 1.165) is 18.7 Å². The van der Waals surface area contributed by atoms with Gasteiger partial charge in [-0.3, -0.25) is 24.0 Å². The second-order valence-corrected chi connectivity index (χ2v) is 15.2. The first-order valence-corrected chi connectivity index (χ1v) is 19.6. The molecule has 16 nitrogen and oxygen atoms in total. The lowest BCUT2D eigenvalue weighted by molar-refractivity contribution is -0.129. The van der Waals surface area contributed by atoms with Gasteiger partial charge in [0.05, 0.1) is 23.3 Å². The van der Waals surface area contributed by atoms with Gasteiger partial charge in [0.25, 0.3) is 5.91 Å². The summed E-state index contributed by atoms with van der Waals surface area (Å²) in [6, 6.07) is 10.4. The molecule has 4 atom stereocenters. The van der Waals surface area contributed by atoms with Gasteiger partial charge in [0, 0.05) is 56.9 Å². The molecule has 3 aromatic rings. The minimum atomic E-state index is -1.19. The van der Waals surface area contributed by atoms with Crippen LogP contribution in [0.4, 0.5) is 21.5 Å². The summed E-state index contributed by atoms with van der Waals surface area (Å²) in [4.78, 5) is 73.9. The molecule has 1 fully saturated rings. The number of likely N-dealkylation sites (N-methyl/N-ethyl adjacent to an activating group) is 1. The van der Waals surface area contributed by atoms with Crippen LogP contribution in [-0.2, 0) is 20.8 Å². The zero-order valence-corrected chi connectivity index (χ0v) is 32.5. The van der Waals surface area contributed by atoms with E-state index in [2.05, 4.69) is 26.2 Å². The lowest BCUT2D eigenvalue weighted by Crippen LogP contribution is -2.52. The average Bonchev–Trinajstić information content (AvgIpc) is 3.20. The van der Waals surface area contributed by atoms with Crippen LogP contribution in [-0.4, -0.2) is 124 Å². The molecular formula is C41H49FN8O8. The number of fused-ring (bicyclic) bond motifs is 1. The van der Waals surface area contributed by atoms with E-state index in [9.17, 15) is 29.1 Å². The van der Waals surface area contributed by atoms with Crippen molar-refractivity contribution in [2.45, 2.75) is 44.3 Å². The monoisotopic (exact) mass is 800 g/mol. The molecule has 0 aromatic heterocycles. The number of aromatic hydroxyl groups is 1. The number of nitrogens with one attached hydrogen (secondary N) is 4. The van der Waals surface area contributed by atoms with Gasteiger partial charge in [-0.25, -0.2) is 4.39 Å². The first kappa shape index (κ1) is 40.3. The highest BCUT2D eigenvalue weighted by atomic mass is 19.1. The van der Waals surface area contributed by atoms with Crippen molar-refractivity contribution >= 4 is 46.5 Å². The van der Waals surface area contributed by atoms with Crippen LogP contribution in [0.15, 0.2) is 48.5 Å². The minimum Gasteiger partial charge on any atom is -0.508 e. The highest BCUT2D eigenvalue weighted by Crippen LogP contribution is 2.49. The molecular weight excluding hydrogens is 751 g/mol. The molecule has 0 spiro atoms. The molecule has 0 aliphatic carbocycles. The number of carbonyl (C=O) groups excluding carboxylic acids is 5. The molecule has 3 aromatic carbocycles. The number of carbonyl (C=O) groups is 5. The van der Waals surface area contributed by atoms with Crippen LogP contribution in [0.1, 0.15) is 46.0 Å². The number of phenols is 1. The summed E-state index contributed by atoms with van der Waals surface area (Å²) in [5.41, 5.74) is 7.66. The summed E-state index contributed by atoms with van der Waals surface area (Å²) in [5, 5.41) is 20.9. The smallest absolute Gasteiger partial charge is 0.255 e. The fourth-order valence-corrected chi connectivity index (χ4v) is 7.78. The van der Waals surface area contributed by atoms with Gasteiger partial charge in [0.1, 0.15) is 42.4 Å². The number of nitrogens with two attached hydrogens (primary N) is 1. The molecule has 2 unspecified atom stereocenters. The maximum Gasteiger partial charge on any atom is 0.255 e. The largest absolute Gasteiger partial charge is 0.508 e. The number of Topliss-reactive ketones (excluding diaryl/α,β-unsaturated/α-hetero) is 1. The van der Waals surface area contributed by atoms with E-state index in [4.69, 9.17) is 15.2 Å². The van der Waals surface area contributed by atoms with Gasteiger partial charge < -0.3 is 56.3 Å². The Morgan fingerprint density at radius 1 is 0.966 bits per heavy atom. The number of nitrogens with zero attached hydrogens (tertiary/aromatic N) is 3. The van der Waals surface area contributed by atoms with E-state index in [0.29, 0.717) is 30.2 Å². The number of piperazine rings is 1. The van der Waals surface area contributed by atoms with Crippen molar-refractivity contribution < 1.29 is 42.9 Å². The molecule has 1 saturated heterocycles. The van der Waals surface area contributed by atoms with Crippen LogP contribution >= 0.6 is 0 Å². The van der Waals surface area contributed by atoms with Crippen LogP contribution in [0.25, 0.3) is 0 Å². The highest BCUT2D eigenvalue weighted by Gasteiger charge is 2.44. The lowest BCUT2D eigenvalue weighted by Gasteiger charge is -2.44. The summed E-state index contributed by atoms with van der Waals surface area (Å²) < 4.78 is 28.2. The molecule has 308 valence electrons. The van der Waals surface area contributed by atoms with E-state index in [1.54, 1.807) is 12.1 Å². The Hall–Kier alpha value is -5.94. The Kier molecular flexibility index (Phi) is 12.0. The number of anilines is 3. The van der Waals surface area contributed by atoms with Crippen LogP contribution in [0.3, 0.4) is 0 Å². The van der Waals surface area contributed by atoms with Gasteiger partial charge >= 0.3 is 0 Å². The quantitative estimate of drug-likeness (QED) is 0.188. The fourth-order valence-electron chi connectivity index (χ4n) is 7.78. The van der Waals surface area contributed by atoms with E-state index in [1.165, 1.54) is 36.4 Å². The third-order valence-corrected chi connectivity index (χ3v) is 11.0. The third-order valence-electron chi connectivity index (χ3n) is 11.0. The summed E-state index contributed by atoms with van der Waals surface area (Å²) in [6.45, 7) is 4.90. The first-order valence-electron chi connectivity index (χ1n) is 19.6. The first-order chi connectivity index (χ1) is 27.9. The fraction of sp³-hybridized carbons (Fsp3) is 0.439. The maximum atomic E-state index is 15.9. The van der Waals surface area contributed by atoms with Gasteiger partial charge in [-0.05, 0) is 75.3 Å². The molecule has 0 saturated carbocycles. The summed E-state index contributed by atoms with van der Waals surface area (Å²) in [7, 11) is 2.01. The lowest BCUT2D eigenvalue weighted by atomic mass is 9.87. The van der Waals surface area contributed by atoms with Crippen molar-refractivity contribution in [1.82, 2.24) is 20.9 Å². The van der Waals surface area contributed by atoms with Crippen molar-refractivity contribution in [3.8, 4) is 17.2 Å². The van der Waals surface area contributed by atoms with Gasteiger partial charge in [-0.1, -0.05) is 12.1 Å². The van der Waals surface area contributed by atoms with Crippen molar-refractivity contribution in [2.24, 2.45) is 11.7 Å². The summed E-state index contributed by atoms with van der Waals surface area (Å²) in [6.07, 6.45) is 0.343. The van der Waals surface area contributed by atoms with Crippen LogP contribution in [0.2, 0.25) is 0 Å². The predicted molar refractivity (Wildman–Crippen MR) is 213 cm³/mol. The molecule has 0 bridgehead atoms. The van der Waals surface area contributed by atoms with Crippen molar-refractivity contribution in [3.05, 3.63) is 71.0 Å². The summed E-state index contributed by atoms with van der Waals surface area (Å²) in [5.74, 6) is -3.92. The van der Waals surface area contributed by atoms with E-state index in [1.807, 2.05) is 23.8 Å². The normalized spacial score (nSPS) is 22.9. The number of ketones is 1. The highest BCUT2D eigenvalue weighted by molar-refractivity contribution is 6.18. The molecule has 7 rings (SSSR count). The number of rotatable bonds is 7. The number of amides is 4. The zero-order chi connectivity index (χ0) is 41.1. The van der Waals surface area contributed by atoms with E-state index >= 15 is 4.39 Å². The van der Waals surface area contributed by atoms with Crippen molar-refractivity contribution in [1.29, 1.82) is 0 Å². The standard InChI is InChI=1S/C41H49FN8O8/c1-23-21-58-38-35-29(19-31(42)36(38)49-15-13-48(2)14-16-49)37(53)30(20-50(23)35)40(55)45-25-5-8-33-28(18-25)39(54)44-12-10-34(52)47-32(9-11-43)41(56)46-26(22-57-33)17-24-3-6-27(51)7-4-24/h3-8,18-19,23,26,30,32,51H,9-17,20-22,43H2,1-2H3,(H,44,54)(H,45,55)(H,46,56)(H,47,52)/t23?,26-,30?,32+/m1/s1. The maximum absolute atomic E-state index is 15.9. The average molecular weight is 801 g/mol. The number of ether oxygens (including phenoxy) is 2. The Labute approximate surface area is 335 Å². The molecule has 4 amide bonds.